The van der Waals surface area contributed by atoms with Gasteiger partial charge >= 0.3 is 0 Å². The van der Waals surface area contributed by atoms with Gasteiger partial charge in [0.2, 0.25) is 0 Å². The van der Waals surface area contributed by atoms with Gasteiger partial charge in [-0.05, 0) is 183 Å². The number of nitrogens with one attached hydrogen (secondary N) is 12. The Morgan fingerprint density at radius 2 is 0.346 bits per heavy atom. The minimum atomic E-state index is 0.925. The average Bonchev–Trinajstić information content (AvgIpc) is 3.54. The standard InChI is InChI=1S/C66H84N12/c1-13-49-43-56-50-14-2-20-62(56)74-32-8-26-68-39-40-70-28-10-34-76-64-22-5-17-53-48-60-54(47-59(53)64)18-6-24-66(60)78-36-12-30-72-42-41-71-29-11-35-77-65-23-4-16-52-45-57-51(46-58(52)65)15-3-21-63(57)75-33-9-27-69-38-37-67-25-7-31-73-61(19-1)55(49)44-50/h1-6,13-24,43-48,67-78H,7-12,25-42H2. The van der Waals surface area contributed by atoms with E-state index >= 15 is 0 Å². The van der Waals surface area contributed by atoms with Crippen LogP contribution >= 0.6 is 0 Å². The highest BCUT2D eigenvalue weighted by atomic mass is 15.0. The molecule has 6 aliphatic rings. The van der Waals surface area contributed by atoms with Crippen LogP contribution in [-0.4, -0.2) is 118 Å². The number of benzene rings is 9. The van der Waals surface area contributed by atoms with Crippen LogP contribution in [0.1, 0.15) is 38.5 Å². The minimum Gasteiger partial charge on any atom is -0.384 e. The summed E-state index contributed by atoms with van der Waals surface area (Å²) in [5.74, 6) is 0. The molecular formula is C66H84N12. The monoisotopic (exact) mass is 1040 g/mol. The Hall–Kier alpha value is -6.90. The van der Waals surface area contributed by atoms with Gasteiger partial charge in [-0.15, -0.1) is 0 Å². The van der Waals surface area contributed by atoms with Crippen LogP contribution in [0.25, 0.3) is 64.6 Å². The van der Waals surface area contributed by atoms with Gasteiger partial charge in [0, 0.05) is 145 Å². The normalized spacial score (nSPS) is 17.1. The van der Waals surface area contributed by atoms with Gasteiger partial charge in [0.25, 0.3) is 0 Å². The van der Waals surface area contributed by atoms with Gasteiger partial charge in [0.15, 0.2) is 0 Å². The Morgan fingerprint density at radius 3 is 0.513 bits per heavy atom. The lowest BCUT2D eigenvalue weighted by Gasteiger charge is -2.14. The van der Waals surface area contributed by atoms with E-state index in [0.717, 1.165) is 156 Å². The lowest BCUT2D eigenvalue weighted by atomic mass is 10.0. The van der Waals surface area contributed by atoms with Crippen LogP contribution < -0.4 is 63.8 Å². The van der Waals surface area contributed by atoms with E-state index < -0.39 is 0 Å². The Balaban J connectivity index is 0.712. The van der Waals surface area contributed by atoms with Crippen LogP contribution in [0, 0.1) is 0 Å². The van der Waals surface area contributed by atoms with Crippen molar-refractivity contribution in [2.75, 3.05) is 150 Å². The molecule has 408 valence electrons. The molecule has 12 heteroatoms. The molecule has 12 nitrogen and oxygen atoms in total. The molecule has 0 atom stereocenters. The van der Waals surface area contributed by atoms with Crippen LogP contribution in [0.15, 0.2) is 146 Å². The molecule has 0 aromatic heterocycles. The maximum Gasteiger partial charge on any atom is 0.0420 e. The van der Waals surface area contributed by atoms with Crippen molar-refractivity contribution in [1.82, 2.24) is 31.9 Å². The van der Waals surface area contributed by atoms with E-state index in [2.05, 4.69) is 209 Å². The second-order valence-electron chi connectivity index (χ2n) is 20.9. The molecule has 78 heavy (non-hydrogen) atoms. The fourth-order valence-electron chi connectivity index (χ4n) is 11.0. The van der Waals surface area contributed by atoms with Gasteiger partial charge in [-0.2, -0.15) is 0 Å². The molecule has 0 amide bonds. The van der Waals surface area contributed by atoms with Crippen LogP contribution in [0.2, 0.25) is 0 Å². The van der Waals surface area contributed by atoms with Crippen molar-refractivity contribution < 1.29 is 0 Å². The predicted octanol–water partition coefficient (Wildman–Crippen LogP) is 11.4. The summed E-state index contributed by atoms with van der Waals surface area (Å²) in [5, 5.41) is 59.4. The Labute approximate surface area is 462 Å². The van der Waals surface area contributed by atoms with Crippen molar-refractivity contribution in [3.05, 3.63) is 146 Å². The molecular weight excluding hydrogens is 961 g/mol. The van der Waals surface area contributed by atoms with E-state index in [4.69, 9.17) is 0 Å². The number of hydrogen-bond donors (Lipinski definition) is 12. The molecule has 0 saturated carbocycles. The van der Waals surface area contributed by atoms with Gasteiger partial charge in [-0.1, -0.05) is 72.8 Å². The minimum absolute atomic E-state index is 0.925. The van der Waals surface area contributed by atoms with E-state index in [1.54, 1.807) is 0 Å². The van der Waals surface area contributed by atoms with Gasteiger partial charge in [0.05, 0.1) is 0 Å². The van der Waals surface area contributed by atoms with Crippen molar-refractivity contribution in [1.29, 1.82) is 0 Å². The van der Waals surface area contributed by atoms with E-state index in [0.29, 0.717) is 0 Å². The van der Waals surface area contributed by atoms with Crippen molar-refractivity contribution in [3.8, 4) is 0 Å². The molecule has 0 saturated heterocycles. The summed E-state index contributed by atoms with van der Waals surface area (Å²) in [5.41, 5.74) is 7.19. The van der Waals surface area contributed by atoms with Gasteiger partial charge in [-0.3, -0.25) is 0 Å². The predicted molar refractivity (Wildman–Crippen MR) is 340 cm³/mol. The fourth-order valence-corrected chi connectivity index (χ4v) is 11.0. The van der Waals surface area contributed by atoms with E-state index in [9.17, 15) is 0 Å². The third-order valence-corrected chi connectivity index (χ3v) is 15.1. The Kier molecular flexibility index (Phi) is 20.4. The molecule has 0 spiro atoms. The summed E-state index contributed by atoms with van der Waals surface area (Å²) in [6.07, 6.45) is 6.36. The average molecular weight is 1050 g/mol. The molecule has 0 fully saturated rings. The summed E-state index contributed by atoms with van der Waals surface area (Å²) in [6.45, 7) is 17.2. The highest BCUT2D eigenvalue weighted by molar-refractivity contribution is 6.10. The van der Waals surface area contributed by atoms with Crippen LogP contribution in [-0.2, 0) is 0 Å². The lowest BCUT2D eigenvalue weighted by molar-refractivity contribution is 0.595. The zero-order chi connectivity index (χ0) is 52.8. The second-order valence-corrected chi connectivity index (χ2v) is 20.9. The van der Waals surface area contributed by atoms with Crippen LogP contribution in [0.5, 0.6) is 0 Å². The summed E-state index contributed by atoms with van der Waals surface area (Å²) in [6, 6.07) is 53.8. The Bertz CT molecular complexity index is 2750. The third kappa shape index (κ3) is 15.0. The first-order valence-electron chi connectivity index (χ1n) is 29.3. The lowest BCUT2D eigenvalue weighted by Crippen LogP contribution is -2.29. The molecule has 18 bridgehead atoms. The topological polar surface area (TPSA) is 144 Å². The maximum atomic E-state index is 3.74. The first-order chi connectivity index (χ1) is 38.7. The maximum absolute atomic E-state index is 3.74. The van der Waals surface area contributed by atoms with E-state index in [1.165, 1.54) is 98.8 Å². The Morgan fingerprint density at radius 1 is 0.179 bits per heavy atom. The summed E-state index contributed by atoms with van der Waals surface area (Å²) < 4.78 is 0. The largest absolute Gasteiger partial charge is 0.384 e. The zero-order valence-corrected chi connectivity index (χ0v) is 45.8. The number of rotatable bonds is 0. The SMILES string of the molecule is c1cc2c3cc4cccc(c4cc3c1)NCCCNCCNCCCNc1cccc3cc4c(cccc4cc13)NCCCNCCNCCCNc1cccc3cc4c(cccc4cc13)NCCCNCCNCCCN2. The van der Waals surface area contributed by atoms with Crippen molar-refractivity contribution >= 4 is 98.8 Å². The molecule has 0 radical (unpaired) electrons. The summed E-state index contributed by atoms with van der Waals surface area (Å²) >= 11 is 0. The molecule has 0 unspecified atom stereocenters. The van der Waals surface area contributed by atoms with Crippen LogP contribution in [0.3, 0.4) is 0 Å². The smallest absolute Gasteiger partial charge is 0.0420 e. The zero-order valence-electron chi connectivity index (χ0n) is 45.8. The fraction of sp³-hybridized carbons (Fsp3) is 0.364. The van der Waals surface area contributed by atoms with Gasteiger partial charge in [-0.25, -0.2) is 0 Å². The van der Waals surface area contributed by atoms with Gasteiger partial charge < -0.3 is 63.8 Å². The third-order valence-electron chi connectivity index (χ3n) is 15.1. The molecule has 12 N–H and O–H groups in total. The van der Waals surface area contributed by atoms with Crippen molar-refractivity contribution in [2.24, 2.45) is 0 Å². The first-order valence-corrected chi connectivity index (χ1v) is 29.3. The molecule has 0 aliphatic carbocycles. The molecule has 9 aromatic carbocycles. The van der Waals surface area contributed by atoms with Crippen LogP contribution in [0.4, 0.5) is 34.1 Å². The second kappa shape index (κ2) is 29.2. The van der Waals surface area contributed by atoms with Crippen molar-refractivity contribution in [2.45, 2.75) is 38.5 Å². The molecule has 9 aromatic rings. The van der Waals surface area contributed by atoms with Crippen molar-refractivity contribution in [3.63, 3.8) is 0 Å². The summed E-state index contributed by atoms with van der Waals surface area (Å²) in [7, 11) is 0. The number of hydrogen-bond acceptors (Lipinski definition) is 12. The highest BCUT2D eigenvalue weighted by Gasteiger charge is 2.11. The van der Waals surface area contributed by atoms with E-state index in [-0.39, 0.29) is 0 Å². The number of anilines is 6. The molecule has 15 rings (SSSR count). The molecule has 6 heterocycles. The van der Waals surface area contributed by atoms with Gasteiger partial charge in [0.1, 0.15) is 0 Å². The molecule has 6 aliphatic heterocycles. The first kappa shape index (κ1) is 54.5. The highest BCUT2D eigenvalue weighted by Crippen LogP contribution is 2.35. The quantitative estimate of drug-likeness (QED) is 0.0657. The summed E-state index contributed by atoms with van der Waals surface area (Å²) in [4.78, 5) is 0. The van der Waals surface area contributed by atoms with E-state index in [1.807, 2.05) is 0 Å².